The van der Waals surface area contributed by atoms with Crippen LogP contribution in [0.2, 0.25) is 0 Å². The van der Waals surface area contributed by atoms with Crippen molar-refractivity contribution in [1.82, 2.24) is 5.32 Å². The maximum absolute atomic E-state index is 5.89. The molecule has 0 aliphatic heterocycles. The molecule has 0 aromatic heterocycles. The maximum Gasteiger partial charge on any atom is 0.119 e. The van der Waals surface area contributed by atoms with E-state index in [1.807, 2.05) is 18.2 Å². The number of rotatable bonds is 7. The number of hydrogen-bond donors (Lipinski definition) is 1. The number of ether oxygens (including phenoxy) is 1. The smallest absolute Gasteiger partial charge is 0.119 e. The van der Waals surface area contributed by atoms with Crippen molar-refractivity contribution in [3.05, 3.63) is 54.6 Å². The zero-order valence-electron chi connectivity index (χ0n) is 12.3. The van der Waals surface area contributed by atoms with Crippen LogP contribution in [-0.4, -0.2) is 19.2 Å². The van der Waals surface area contributed by atoms with Crippen LogP contribution in [0.25, 0.3) is 11.1 Å². The molecule has 0 radical (unpaired) electrons. The first-order valence-corrected chi connectivity index (χ1v) is 7.32. The van der Waals surface area contributed by atoms with Crippen LogP contribution in [0.5, 0.6) is 5.75 Å². The van der Waals surface area contributed by atoms with E-state index < -0.39 is 0 Å². The zero-order valence-corrected chi connectivity index (χ0v) is 12.3. The molecule has 0 aliphatic carbocycles. The van der Waals surface area contributed by atoms with Crippen molar-refractivity contribution in [2.75, 3.05) is 13.1 Å². The van der Waals surface area contributed by atoms with Crippen LogP contribution >= 0.6 is 0 Å². The van der Waals surface area contributed by atoms with E-state index in [9.17, 15) is 0 Å². The third kappa shape index (κ3) is 4.39. The first-order chi connectivity index (χ1) is 9.79. The van der Waals surface area contributed by atoms with Crippen molar-refractivity contribution in [1.29, 1.82) is 0 Å². The molecule has 1 atom stereocenters. The molecule has 20 heavy (non-hydrogen) atoms. The fourth-order valence-electron chi connectivity index (χ4n) is 2.11. The molecule has 1 unspecified atom stereocenters. The Morgan fingerprint density at radius 3 is 2.25 bits per heavy atom. The molecule has 2 heteroatoms. The minimum absolute atomic E-state index is 0.184. The van der Waals surface area contributed by atoms with Gasteiger partial charge in [0.05, 0.1) is 0 Å². The molecule has 0 saturated carbocycles. The highest BCUT2D eigenvalue weighted by molar-refractivity contribution is 5.63. The van der Waals surface area contributed by atoms with Crippen LogP contribution in [0.1, 0.15) is 20.3 Å². The summed E-state index contributed by atoms with van der Waals surface area (Å²) in [7, 11) is 0. The first kappa shape index (κ1) is 14.6. The minimum atomic E-state index is 0.184. The van der Waals surface area contributed by atoms with Crippen LogP contribution in [0.3, 0.4) is 0 Å². The van der Waals surface area contributed by atoms with Crippen molar-refractivity contribution < 1.29 is 4.74 Å². The average Bonchev–Trinajstić information content (AvgIpc) is 2.49. The second kappa shape index (κ2) is 7.71. The van der Waals surface area contributed by atoms with Gasteiger partial charge in [0.2, 0.25) is 0 Å². The Kier molecular flexibility index (Phi) is 5.63. The topological polar surface area (TPSA) is 21.3 Å². The van der Waals surface area contributed by atoms with E-state index in [0.717, 1.165) is 25.3 Å². The van der Waals surface area contributed by atoms with Gasteiger partial charge in [0.15, 0.2) is 0 Å². The molecular weight excluding hydrogens is 246 g/mol. The van der Waals surface area contributed by atoms with Gasteiger partial charge in [0.25, 0.3) is 0 Å². The third-order valence-corrected chi connectivity index (χ3v) is 3.16. The number of nitrogens with one attached hydrogen (secondary N) is 1. The lowest BCUT2D eigenvalue weighted by molar-refractivity contribution is 0.217. The lowest BCUT2D eigenvalue weighted by Gasteiger charge is -2.15. The van der Waals surface area contributed by atoms with Gasteiger partial charge < -0.3 is 10.1 Å². The van der Waals surface area contributed by atoms with Gasteiger partial charge in [0, 0.05) is 6.54 Å². The minimum Gasteiger partial charge on any atom is -0.489 e. The zero-order chi connectivity index (χ0) is 14.2. The summed E-state index contributed by atoms with van der Waals surface area (Å²) in [6, 6.07) is 18.7. The van der Waals surface area contributed by atoms with Crippen molar-refractivity contribution in [3.8, 4) is 16.9 Å². The van der Waals surface area contributed by atoms with E-state index in [1.54, 1.807) is 0 Å². The monoisotopic (exact) mass is 269 g/mol. The van der Waals surface area contributed by atoms with Crippen LogP contribution in [-0.2, 0) is 0 Å². The molecule has 1 N–H and O–H groups in total. The Bertz CT molecular complexity index is 493. The second-order valence-electron chi connectivity index (χ2n) is 5.02. The first-order valence-electron chi connectivity index (χ1n) is 7.32. The Labute approximate surface area is 121 Å². The van der Waals surface area contributed by atoms with Gasteiger partial charge in [0.1, 0.15) is 11.9 Å². The van der Waals surface area contributed by atoms with Crippen LogP contribution < -0.4 is 10.1 Å². The van der Waals surface area contributed by atoms with E-state index in [-0.39, 0.29) is 6.10 Å². The molecule has 0 aliphatic rings. The third-order valence-electron chi connectivity index (χ3n) is 3.16. The van der Waals surface area contributed by atoms with Gasteiger partial charge in [-0.15, -0.1) is 0 Å². The predicted octanol–water partition coefficient (Wildman–Crippen LogP) is 4.12. The largest absolute Gasteiger partial charge is 0.489 e. The van der Waals surface area contributed by atoms with Gasteiger partial charge in [-0.1, -0.05) is 49.4 Å². The van der Waals surface area contributed by atoms with Gasteiger partial charge in [-0.25, -0.2) is 0 Å². The van der Waals surface area contributed by atoms with Crippen molar-refractivity contribution in [2.45, 2.75) is 26.4 Å². The number of benzene rings is 2. The molecule has 106 valence electrons. The van der Waals surface area contributed by atoms with Gasteiger partial charge in [-0.05, 0) is 43.1 Å². The SMILES string of the molecule is CCCNCC(C)Oc1ccc(-c2ccccc2)cc1. The summed E-state index contributed by atoms with van der Waals surface area (Å²) in [6.45, 7) is 6.18. The Morgan fingerprint density at radius 2 is 1.60 bits per heavy atom. The van der Waals surface area contributed by atoms with Crippen LogP contribution in [0, 0.1) is 0 Å². The quantitative estimate of drug-likeness (QED) is 0.763. The van der Waals surface area contributed by atoms with E-state index in [4.69, 9.17) is 4.74 Å². The molecule has 2 nitrogen and oxygen atoms in total. The van der Waals surface area contributed by atoms with Gasteiger partial charge >= 0.3 is 0 Å². The summed E-state index contributed by atoms with van der Waals surface area (Å²) in [5, 5.41) is 3.37. The van der Waals surface area contributed by atoms with E-state index in [1.165, 1.54) is 11.1 Å². The predicted molar refractivity (Wildman–Crippen MR) is 85.1 cm³/mol. The molecule has 2 aromatic carbocycles. The molecule has 0 heterocycles. The Hall–Kier alpha value is -1.80. The van der Waals surface area contributed by atoms with Crippen LogP contribution in [0.15, 0.2) is 54.6 Å². The fraction of sp³-hybridized carbons (Fsp3) is 0.333. The lowest BCUT2D eigenvalue weighted by atomic mass is 10.1. The van der Waals surface area contributed by atoms with Gasteiger partial charge in [-0.3, -0.25) is 0 Å². The van der Waals surface area contributed by atoms with E-state index >= 15 is 0 Å². The number of hydrogen-bond acceptors (Lipinski definition) is 2. The summed E-state index contributed by atoms with van der Waals surface area (Å²) in [5.41, 5.74) is 2.45. The standard InChI is InChI=1S/C18H23NO/c1-3-13-19-14-15(2)20-18-11-9-17(10-12-18)16-7-5-4-6-8-16/h4-12,15,19H,3,13-14H2,1-2H3. The summed E-state index contributed by atoms with van der Waals surface area (Å²) >= 11 is 0. The molecule has 0 saturated heterocycles. The summed E-state index contributed by atoms with van der Waals surface area (Å²) in [4.78, 5) is 0. The van der Waals surface area contributed by atoms with Gasteiger partial charge in [-0.2, -0.15) is 0 Å². The Balaban J connectivity index is 1.92. The molecule has 0 fully saturated rings. The highest BCUT2D eigenvalue weighted by Crippen LogP contribution is 2.22. The van der Waals surface area contributed by atoms with E-state index in [0.29, 0.717) is 0 Å². The fourth-order valence-corrected chi connectivity index (χ4v) is 2.11. The summed E-state index contributed by atoms with van der Waals surface area (Å²) in [5.74, 6) is 0.926. The molecule has 0 bridgehead atoms. The molecule has 2 aromatic rings. The summed E-state index contributed by atoms with van der Waals surface area (Å²) in [6.07, 6.45) is 1.34. The van der Waals surface area contributed by atoms with Crippen molar-refractivity contribution in [3.63, 3.8) is 0 Å². The molecule has 2 rings (SSSR count). The lowest BCUT2D eigenvalue weighted by Crippen LogP contribution is -2.29. The molecule has 0 amide bonds. The molecular formula is C18H23NO. The Morgan fingerprint density at radius 1 is 0.950 bits per heavy atom. The van der Waals surface area contributed by atoms with Crippen LogP contribution in [0.4, 0.5) is 0 Å². The van der Waals surface area contributed by atoms with E-state index in [2.05, 4.69) is 55.6 Å². The average molecular weight is 269 g/mol. The van der Waals surface area contributed by atoms with Crippen molar-refractivity contribution in [2.24, 2.45) is 0 Å². The normalized spacial score (nSPS) is 12.1. The highest BCUT2D eigenvalue weighted by atomic mass is 16.5. The highest BCUT2D eigenvalue weighted by Gasteiger charge is 2.03. The second-order valence-corrected chi connectivity index (χ2v) is 5.02. The maximum atomic E-state index is 5.89. The summed E-state index contributed by atoms with van der Waals surface area (Å²) < 4.78 is 5.89. The van der Waals surface area contributed by atoms with Crippen molar-refractivity contribution >= 4 is 0 Å². The molecule has 0 spiro atoms.